The number of alkyl halides is 3. The molecule has 0 saturated heterocycles. The average molecular weight is 395 g/mol. The number of carbonyl (C=O) groups excluding carboxylic acids is 1. The first-order valence-corrected chi connectivity index (χ1v) is 8.85. The van der Waals surface area contributed by atoms with Gasteiger partial charge in [-0.05, 0) is 36.6 Å². The molecular formula is C17H16F3N5OS. The Bertz CT molecular complexity index is 894. The molecule has 2 heterocycles. The minimum absolute atomic E-state index is 0.00546. The fraction of sp³-hybridized carbons (Fsp3) is 0.235. The predicted molar refractivity (Wildman–Crippen MR) is 95.7 cm³/mol. The first-order valence-electron chi connectivity index (χ1n) is 7.97. The summed E-state index contributed by atoms with van der Waals surface area (Å²) in [4.78, 5) is 17.1. The van der Waals surface area contributed by atoms with Crippen LogP contribution in [0.1, 0.15) is 23.4 Å². The quantitative estimate of drug-likeness (QED) is 0.669. The summed E-state index contributed by atoms with van der Waals surface area (Å²) in [5.41, 5.74) is -0.562. The Hall–Kier alpha value is -2.72. The Morgan fingerprint density at radius 1 is 1.33 bits per heavy atom. The number of anilines is 1. The molecule has 0 fully saturated rings. The normalized spacial score (nSPS) is 12.7. The Kier molecular flexibility index (Phi) is 5.57. The standard InChI is InChI=1S/C17H16F3N5OS/c1-11(15-3-2-6-27-15)22-8-16(26)24-13-7-12(17(18,19)20)4-5-14(13)25-10-21-9-23-25/h2-7,9-11,22H,8H2,1H3,(H,24,26)/t11-/m0/s1. The molecular weight excluding hydrogens is 379 g/mol. The fourth-order valence-corrected chi connectivity index (χ4v) is 3.18. The van der Waals surface area contributed by atoms with Crippen molar-refractivity contribution in [3.63, 3.8) is 0 Å². The van der Waals surface area contributed by atoms with E-state index in [2.05, 4.69) is 20.7 Å². The first-order chi connectivity index (χ1) is 12.8. The van der Waals surface area contributed by atoms with E-state index in [0.717, 1.165) is 17.0 Å². The second-order valence-electron chi connectivity index (χ2n) is 5.74. The van der Waals surface area contributed by atoms with E-state index in [0.29, 0.717) is 5.69 Å². The lowest BCUT2D eigenvalue weighted by molar-refractivity contribution is -0.137. The molecule has 0 spiro atoms. The van der Waals surface area contributed by atoms with E-state index in [9.17, 15) is 18.0 Å². The van der Waals surface area contributed by atoms with E-state index < -0.39 is 17.6 Å². The fourth-order valence-electron chi connectivity index (χ4n) is 2.42. The van der Waals surface area contributed by atoms with Crippen LogP contribution in [-0.4, -0.2) is 27.2 Å². The van der Waals surface area contributed by atoms with Crippen molar-refractivity contribution in [3.05, 3.63) is 58.8 Å². The van der Waals surface area contributed by atoms with Crippen LogP contribution in [-0.2, 0) is 11.0 Å². The van der Waals surface area contributed by atoms with Gasteiger partial charge in [-0.1, -0.05) is 6.07 Å². The summed E-state index contributed by atoms with van der Waals surface area (Å²) in [5.74, 6) is -0.459. The molecule has 0 aliphatic carbocycles. The molecule has 0 aliphatic heterocycles. The molecule has 0 unspecified atom stereocenters. The summed E-state index contributed by atoms with van der Waals surface area (Å²) < 4.78 is 40.4. The van der Waals surface area contributed by atoms with Gasteiger partial charge in [0.25, 0.3) is 0 Å². The van der Waals surface area contributed by atoms with E-state index in [1.54, 1.807) is 11.3 Å². The molecule has 2 N–H and O–H groups in total. The largest absolute Gasteiger partial charge is 0.416 e. The van der Waals surface area contributed by atoms with Gasteiger partial charge in [-0.25, -0.2) is 9.67 Å². The third-order valence-corrected chi connectivity index (χ3v) is 4.86. The summed E-state index contributed by atoms with van der Waals surface area (Å²) in [6.07, 6.45) is -1.92. The molecule has 1 atom stereocenters. The molecule has 10 heteroatoms. The van der Waals surface area contributed by atoms with Gasteiger partial charge in [0.2, 0.25) is 5.91 Å². The van der Waals surface area contributed by atoms with Crippen LogP contribution in [0.25, 0.3) is 5.69 Å². The van der Waals surface area contributed by atoms with E-state index in [1.165, 1.54) is 23.4 Å². The number of nitrogens with one attached hydrogen (secondary N) is 2. The van der Waals surface area contributed by atoms with Crippen molar-refractivity contribution >= 4 is 22.9 Å². The molecule has 1 amide bonds. The first kappa shape index (κ1) is 19.1. The topological polar surface area (TPSA) is 71.8 Å². The zero-order valence-electron chi connectivity index (χ0n) is 14.2. The second kappa shape index (κ2) is 7.89. The highest BCUT2D eigenvalue weighted by Gasteiger charge is 2.31. The predicted octanol–water partition coefficient (Wildman–Crippen LogP) is 3.64. The number of amides is 1. The van der Waals surface area contributed by atoms with Crippen LogP contribution in [0.4, 0.5) is 18.9 Å². The monoisotopic (exact) mass is 395 g/mol. The number of rotatable bonds is 6. The third kappa shape index (κ3) is 4.72. The lowest BCUT2D eigenvalue weighted by Gasteiger charge is -2.16. The van der Waals surface area contributed by atoms with E-state index in [1.807, 2.05) is 24.4 Å². The summed E-state index contributed by atoms with van der Waals surface area (Å²) in [5, 5.41) is 11.4. The van der Waals surface area contributed by atoms with Crippen molar-refractivity contribution in [1.82, 2.24) is 20.1 Å². The highest BCUT2D eigenvalue weighted by Crippen LogP contribution is 2.33. The third-order valence-electron chi connectivity index (χ3n) is 3.80. The number of benzene rings is 1. The van der Waals surface area contributed by atoms with Gasteiger partial charge in [0.15, 0.2) is 0 Å². The number of halogens is 3. The number of thiophene rings is 1. The van der Waals surface area contributed by atoms with Gasteiger partial charge >= 0.3 is 6.18 Å². The molecule has 0 radical (unpaired) electrons. The zero-order chi connectivity index (χ0) is 19.4. The molecule has 142 valence electrons. The van der Waals surface area contributed by atoms with Gasteiger partial charge in [0, 0.05) is 10.9 Å². The molecule has 27 heavy (non-hydrogen) atoms. The summed E-state index contributed by atoms with van der Waals surface area (Å²) >= 11 is 1.55. The van der Waals surface area contributed by atoms with Gasteiger partial charge < -0.3 is 10.6 Å². The highest BCUT2D eigenvalue weighted by molar-refractivity contribution is 7.10. The smallest absolute Gasteiger partial charge is 0.323 e. The summed E-state index contributed by atoms with van der Waals surface area (Å²) in [6.45, 7) is 1.86. The van der Waals surface area contributed by atoms with Crippen LogP contribution in [0.3, 0.4) is 0 Å². The lowest BCUT2D eigenvalue weighted by atomic mass is 10.1. The molecule has 2 aromatic heterocycles. The number of carbonyl (C=O) groups is 1. The lowest BCUT2D eigenvalue weighted by Crippen LogP contribution is -2.30. The number of hydrogen-bond donors (Lipinski definition) is 2. The van der Waals surface area contributed by atoms with Crippen LogP contribution >= 0.6 is 11.3 Å². The molecule has 3 rings (SSSR count). The minimum Gasteiger partial charge on any atom is -0.323 e. The van der Waals surface area contributed by atoms with Gasteiger partial charge in [-0.2, -0.15) is 18.3 Å². The Balaban J connectivity index is 1.76. The van der Waals surface area contributed by atoms with Crippen molar-refractivity contribution < 1.29 is 18.0 Å². The van der Waals surface area contributed by atoms with Crippen LogP contribution in [0.15, 0.2) is 48.4 Å². The minimum atomic E-state index is -4.52. The maximum Gasteiger partial charge on any atom is 0.416 e. The molecule has 1 aromatic carbocycles. The maximum atomic E-state index is 13.0. The SMILES string of the molecule is C[C@H](NCC(=O)Nc1cc(C(F)(F)F)ccc1-n1cncn1)c1cccs1. The van der Waals surface area contributed by atoms with Crippen molar-refractivity contribution in [3.8, 4) is 5.69 Å². The number of aromatic nitrogens is 3. The second-order valence-corrected chi connectivity index (χ2v) is 6.72. The van der Waals surface area contributed by atoms with Crippen LogP contribution in [0.5, 0.6) is 0 Å². The molecule has 0 saturated carbocycles. The van der Waals surface area contributed by atoms with Crippen LogP contribution < -0.4 is 10.6 Å². The van der Waals surface area contributed by atoms with Gasteiger partial charge in [0.05, 0.1) is 23.5 Å². The van der Waals surface area contributed by atoms with E-state index >= 15 is 0 Å². The highest BCUT2D eigenvalue weighted by atomic mass is 32.1. The van der Waals surface area contributed by atoms with Crippen molar-refractivity contribution in [1.29, 1.82) is 0 Å². The summed E-state index contributed by atoms with van der Waals surface area (Å²) in [7, 11) is 0. The van der Waals surface area contributed by atoms with Gasteiger partial charge in [-0.15, -0.1) is 11.3 Å². The maximum absolute atomic E-state index is 13.0. The Morgan fingerprint density at radius 2 is 2.15 bits per heavy atom. The van der Waals surface area contributed by atoms with Crippen molar-refractivity contribution in [2.24, 2.45) is 0 Å². The number of hydrogen-bond acceptors (Lipinski definition) is 5. The summed E-state index contributed by atoms with van der Waals surface area (Å²) in [6, 6.07) is 6.87. The Morgan fingerprint density at radius 3 is 2.78 bits per heavy atom. The molecule has 6 nitrogen and oxygen atoms in total. The molecule has 0 bridgehead atoms. The molecule has 0 aliphatic rings. The molecule has 3 aromatic rings. The van der Waals surface area contributed by atoms with Crippen LogP contribution in [0.2, 0.25) is 0 Å². The van der Waals surface area contributed by atoms with Crippen molar-refractivity contribution in [2.45, 2.75) is 19.1 Å². The number of nitrogens with zero attached hydrogens (tertiary/aromatic N) is 3. The van der Waals surface area contributed by atoms with Gasteiger partial charge in [0.1, 0.15) is 12.7 Å². The van der Waals surface area contributed by atoms with Crippen molar-refractivity contribution in [2.75, 3.05) is 11.9 Å². The average Bonchev–Trinajstić information content (AvgIpc) is 3.32. The zero-order valence-corrected chi connectivity index (χ0v) is 15.0. The van der Waals surface area contributed by atoms with E-state index in [4.69, 9.17) is 0 Å². The van der Waals surface area contributed by atoms with Crippen LogP contribution in [0, 0.1) is 0 Å². The Labute approximate surface area is 157 Å². The van der Waals surface area contributed by atoms with Gasteiger partial charge in [-0.3, -0.25) is 4.79 Å². The van der Waals surface area contributed by atoms with E-state index in [-0.39, 0.29) is 18.3 Å².